The first-order chi connectivity index (χ1) is 49.7. The summed E-state index contributed by atoms with van der Waals surface area (Å²) < 4.78 is 68.5. The van der Waals surface area contributed by atoms with Gasteiger partial charge in [-0.05, 0) is 148 Å². The first kappa shape index (κ1) is 97.5. The summed E-state index contributed by atoms with van der Waals surface area (Å²) in [5, 5.41) is 10.6. The number of unbranched alkanes of at least 4 members (excludes halogenated alkanes) is 30. The molecule has 0 spiro atoms. The van der Waals surface area contributed by atoms with E-state index in [4.69, 9.17) is 37.0 Å². The highest BCUT2D eigenvalue weighted by Gasteiger charge is 2.30. The van der Waals surface area contributed by atoms with E-state index in [1.807, 2.05) is 12.2 Å². The van der Waals surface area contributed by atoms with E-state index in [1.54, 1.807) is 0 Å². The number of hydrogen-bond acceptors (Lipinski definition) is 15. The molecule has 0 saturated heterocycles. The molecule has 19 heteroatoms. The van der Waals surface area contributed by atoms with Gasteiger partial charge >= 0.3 is 39.5 Å². The van der Waals surface area contributed by atoms with Gasteiger partial charge in [-0.1, -0.05) is 271 Å². The minimum Gasteiger partial charge on any atom is -0.462 e. The van der Waals surface area contributed by atoms with E-state index in [2.05, 4.69) is 137 Å². The smallest absolute Gasteiger partial charge is 0.462 e. The molecule has 0 aliphatic carbocycles. The Morgan fingerprint density at radius 2 is 0.520 bits per heavy atom. The number of hydrogen-bond donors (Lipinski definition) is 3. The molecule has 2 unspecified atom stereocenters. The fourth-order valence-corrected chi connectivity index (χ4v) is 11.9. The van der Waals surface area contributed by atoms with Crippen molar-refractivity contribution in [3.63, 3.8) is 0 Å². The maximum atomic E-state index is 13.1. The topological polar surface area (TPSA) is 237 Å². The van der Waals surface area contributed by atoms with Crippen LogP contribution in [0.4, 0.5) is 0 Å². The summed E-state index contributed by atoms with van der Waals surface area (Å²) in [6.45, 7) is 4.68. The second kappa shape index (κ2) is 74.7. The molecule has 0 amide bonds. The van der Waals surface area contributed by atoms with Gasteiger partial charge in [-0.15, -0.1) is 0 Å². The van der Waals surface area contributed by atoms with Gasteiger partial charge in [0.15, 0.2) is 12.2 Å². The predicted molar refractivity (Wildman–Crippen MR) is 418 cm³/mol. The molecule has 586 valence electrons. The fourth-order valence-electron chi connectivity index (χ4n) is 10.3. The van der Waals surface area contributed by atoms with Gasteiger partial charge in [-0.2, -0.15) is 0 Å². The Morgan fingerprint density at radius 1 is 0.284 bits per heavy atom. The van der Waals surface area contributed by atoms with E-state index in [1.165, 1.54) is 89.9 Å². The molecule has 0 aliphatic heterocycles. The lowest BCUT2D eigenvalue weighted by Gasteiger charge is -2.21. The molecule has 0 aliphatic rings. The van der Waals surface area contributed by atoms with Crippen LogP contribution >= 0.6 is 15.6 Å². The minimum atomic E-state index is -5.00. The zero-order valence-corrected chi connectivity index (χ0v) is 65.8. The van der Waals surface area contributed by atoms with Gasteiger partial charge in [0.25, 0.3) is 0 Å². The number of phosphoric ester groups is 2. The standard InChI is InChI=1S/C83H142O17P2/c1-5-9-13-17-21-25-29-33-37-38-42-44-48-52-56-60-64-68-81(86)94-74-79(100-83(88)70-66-62-58-54-50-46-41-36-32-28-24-20-16-12-8-4)76-98-102(91,92)96-72-77(84)71-95-101(89,90)97-75-78(99-82(87)69-65-61-57-53-49-45-40-35-31-27-23-19-15-11-7-3)73-93-80(85)67-63-59-55-51-47-43-39-34-30-26-22-18-14-10-6-2/h21-22,25-28,31-37,39-42,44,52,56,77-79,84H,5-20,23-24,29-30,38,43,45-51,53-55,57-76H2,1-4H3,(H,89,90)(H,91,92)/b25-21-,26-22-,31-27-,32-28-,37-33-,39-34-,40-35-,41-36-,44-42-,56-52-/t77-,78-,79-/m1/s1. The van der Waals surface area contributed by atoms with E-state index in [0.717, 1.165) is 148 Å². The Labute approximate surface area is 619 Å². The molecule has 0 rings (SSSR count). The van der Waals surface area contributed by atoms with Crippen molar-refractivity contribution in [2.24, 2.45) is 0 Å². The van der Waals surface area contributed by atoms with Crippen LogP contribution in [0.25, 0.3) is 0 Å². The van der Waals surface area contributed by atoms with Gasteiger partial charge in [0.2, 0.25) is 0 Å². The molecule has 0 radical (unpaired) electrons. The predicted octanol–water partition coefficient (Wildman–Crippen LogP) is 23.1. The van der Waals surface area contributed by atoms with Crippen LogP contribution in [-0.4, -0.2) is 96.7 Å². The molecule has 0 bridgehead atoms. The van der Waals surface area contributed by atoms with Crippen molar-refractivity contribution in [2.75, 3.05) is 39.6 Å². The van der Waals surface area contributed by atoms with Crippen molar-refractivity contribution in [2.45, 2.75) is 341 Å². The molecule has 0 fully saturated rings. The summed E-state index contributed by atoms with van der Waals surface area (Å²) in [7, 11) is -9.99. The normalized spacial score (nSPS) is 14.5. The maximum Gasteiger partial charge on any atom is 0.472 e. The van der Waals surface area contributed by atoms with Crippen molar-refractivity contribution >= 4 is 39.5 Å². The van der Waals surface area contributed by atoms with Crippen LogP contribution in [0.15, 0.2) is 122 Å². The average Bonchev–Trinajstić information content (AvgIpc) is 0.923. The van der Waals surface area contributed by atoms with Crippen LogP contribution in [0.2, 0.25) is 0 Å². The quantitative estimate of drug-likeness (QED) is 0.0128. The number of rotatable bonds is 74. The highest BCUT2D eigenvalue weighted by Crippen LogP contribution is 2.45. The van der Waals surface area contributed by atoms with E-state index >= 15 is 0 Å². The number of aliphatic hydroxyl groups is 1. The highest BCUT2D eigenvalue weighted by molar-refractivity contribution is 7.47. The van der Waals surface area contributed by atoms with Gasteiger partial charge in [-0.3, -0.25) is 37.3 Å². The summed E-state index contributed by atoms with van der Waals surface area (Å²) in [4.78, 5) is 73.0. The Morgan fingerprint density at radius 3 is 0.853 bits per heavy atom. The van der Waals surface area contributed by atoms with E-state index in [9.17, 15) is 43.2 Å². The van der Waals surface area contributed by atoms with Crippen LogP contribution < -0.4 is 0 Å². The largest absolute Gasteiger partial charge is 0.472 e. The van der Waals surface area contributed by atoms with Crippen molar-refractivity contribution in [3.8, 4) is 0 Å². The Hall–Kier alpha value is -4.54. The van der Waals surface area contributed by atoms with Gasteiger partial charge in [-0.25, -0.2) is 9.13 Å². The molecule has 0 aromatic carbocycles. The number of aliphatic hydroxyl groups excluding tert-OH is 1. The average molecular weight is 1470 g/mol. The van der Waals surface area contributed by atoms with Crippen LogP contribution in [0, 0.1) is 0 Å². The molecule has 3 N–H and O–H groups in total. The van der Waals surface area contributed by atoms with Gasteiger partial charge in [0.05, 0.1) is 26.4 Å². The number of carbonyl (C=O) groups excluding carboxylic acids is 4. The summed E-state index contributed by atoms with van der Waals surface area (Å²) in [6, 6.07) is 0. The third kappa shape index (κ3) is 73.8. The van der Waals surface area contributed by atoms with Crippen molar-refractivity contribution < 1.29 is 80.2 Å². The lowest BCUT2D eigenvalue weighted by molar-refractivity contribution is -0.161. The molecule has 17 nitrogen and oxygen atoms in total. The summed E-state index contributed by atoms with van der Waals surface area (Å²) in [5.74, 6) is -2.29. The fraction of sp³-hybridized carbons (Fsp3) is 0.711. The molecule has 5 atom stereocenters. The number of allylic oxidation sites excluding steroid dienone is 20. The van der Waals surface area contributed by atoms with Crippen LogP contribution in [0.5, 0.6) is 0 Å². The molecule has 102 heavy (non-hydrogen) atoms. The zero-order chi connectivity index (χ0) is 74.6. The van der Waals surface area contributed by atoms with Crippen LogP contribution in [-0.2, 0) is 65.4 Å². The van der Waals surface area contributed by atoms with Crippen molar-refractivity contribution in [1.82, 2.24) is 0 Å². The Balaban J connectivity index is 5.45. The molecular formula is C83H142O17P2. The summed E-state index contributed by atoms with van der Waals surface area (Å²) in [6.07, 6.45) is 81.8. The van der Waals surface area contributed by atoms with Crippen molar-refractivity contribution in [1.29, 1.82) is 0 Å². The minimum absolute atomic E-state index is 0.0632. The number of carbonyl (C=O) groups is 4. The van der Waals surface area contributed by atoms with Crippen molar-refractivity contribution in [3.05, 3.63) is 122 Å². The maximum absolute atomic E-state index is 13.1. The lowest BCUT2D eigenvalue weighted by atomic mass is 10.1. The van der Waals surface area contributed by atoms with Gasteiger partial charge in [0.1, 0.15) is 19.3 Å². The second-order valence-electron chi connectivity index (χ2n) is 26.3. The SMILES string of the molecule is CCCCC/C=C\C/C=C\C/C=C\C/C=C\CCCC(=O)OC[C@H](COP(=O)(O)OC[C@H](O)COP(=O)(O)OC[C@@H](COC(=O)CCCCCCC/C=C\C/C=C\CCCCC)OC(=O)CCCCCCC/C=C\C=C/CCCCCC)OC(=O)CCCCCCC/C=C\C=C/CCCCCC. The Kier molecular flexibility index (Phi) is 71.4. The highest BCUT2D eigenvalue weighted by atomic mass is 31.2. The van der Waals surface area contributed by atoms with E-state index < -0.39 is 97.5 Å². The number of phosphoric acid groups is 2. The first-order valence-electron chi connectivity index (χ1n) is 39.8. The molecular weight excluding hydrogens is 1330 g/mol. The second-order valence-corrected chi connectivity index (χ2v) is 29.3. The third-order valence-electron chi connectivity index (χ3n) is 16.4. The monoisotopic (exact) mass is 1470 g/mol. The Bertz CT molecular complexity index is 2410. The molecule has 0 aromatic rings. The zero-order valence-electron chi connectivity index (χ0n) is 64.0. The lowest BCUT2D eigenvalue weighted by Crippen LogP contribution is -2.30. The number of esters is 4. The van der Waals surface area contributed by atoms with Gasteiger partial charge < -0.3 is 33.8 Å². The van der Waals surface area contributed by atoms with E-state index in [-0.39, 0.29) is 25.7 Å². The summed E-state index contributed by atoms with van der Waals surface area (Å²) in [5.41, 5.74) is 0. The van der Waals surface area contributed by atoms with Gasteiger partial charge in [0, 0.05) is 25.7 Å². The molecule has 0 heterocycles. The first-order valence-corrected chi connectivity index (χ1v) is 42.8. The van der Waals surface area contributed by atoms with Crippen LogP contribution in [0.3, 0.4) is 0 Å². The third-order valence-corrected chi connectivity index (χ3v) is 18.3. The van der Waals surface area contributed by atoms with E-state index in [0.29, 0.717) is 32.1 Å². The van der Waals surface area contributed by atoms with Crippen LogP contribution in [0.1, 0.15) is 323 Å². The summed E-state index contributed by atoms with van der Waals surface area (Å²) >= 11 is 0. The number of ether oxygens (including phenoxy) is 4. The molecule has 0 saturated carbocycles. The molecule has 0 aromatic heterocycles.